The number of rotatable bonds is 3. The Bertz CT molecular complexity index is 385. The van der Waals surface area contributed by atoms with Gasteiger partial charge in [0.15, 0.2) is 0 Å². The van der Waals surface area contributed by atoms with Crippen LogP contribution in [0.4, 0.5) is 0 Å². The van der Waals surface area contributed by atoms with Gasteiger partial charge in [-0.3, -0.25) is 4.79 Å². The molecular weight excluding hydrogens is 216 g/mol. The van der Waals surface area contributed by atoms with Crippen molar-refractivity contribution < 1.29 is 9.90 Å². The molecule has 0 atom stereocenters. The van der Waals surface area contributed by atoms with Gasteiger partial charge < -0.3 is 5.11 Å². The Morgan fingerprint density at radius 3 is 2.65 bits per heavy atom. The van der Waals surface area contributed by atoms with Gasteiger partial charge in [-0.25, -0.2) is 9.97 Å². The van der Waals surface area contributed by atoms with Crippen LogP contribution < -0.4 is 0 Å². The van der Waals surface area contributed by atoms with E-state index in [2.05, 4.69) is 9.97 Å². The zero-order chi connectivity index (χ0) is 12.1. The van der Waals surface area contributed by atoms with Gasteiger partial charge in [-0.1, -0.05) is 25.7 Å². The average molecular weight is 234 g/mol. The number of hydrogen-bond donors (Lipinski definition) is 1. The van der Waals surface area contributed by atoms with E-state index in [1.807, 2.05) is 0 Å². The molecule has 0 unspecified atom stereocenters. The lowest BCUT2D eigenvalue weighted by Crippen LogP contribution is -2.10. The van der Waals surface area contributed by atoms with E-state index in [4.69, 9.17) is 5.11 Å². The first-order valence-corrected chi connectivity index (χ1v) is 6.28. The van der Waals surface area contributed by atoms with Gasteiger partial charge in [0, 0.05) is 17.7 Å². The van der Waals surface area contributed by atoms with Gasteiger partial charge in [-0.15, -0.1) is 0 Å². The van der Waals surface area contributed by atoms with E-state index in [1.54, 1.807) is 6.20 Å². The van der Waals surface area contributed by atoms with Crippen LogP contribution >= 0.6 is 0 Å². The monoisotopic (exact) mass is 234 g/mol. The highest BCUT2D eigenvalue weighted by Gasteiger charge is 2.19. The summed E-state index contributed by atoms with van der Waals surface area (Å²) in [5, 5.41) is 8.89. The van der Waals surface area contributed by atoms with Crippen LogP contribution in [0.15, 0.2) is 12.5 Å². The molecule has 0 spiro atoms. The number of carboxylic acids is 1. The maximum atomic E-state index is 10.8. The molecule has 1 heterocycles. The molecule has 0 aromatic carbocycles. The lowest BCUT2D eigenvalue weighted by atomic mass is 9.92. The van der Waals surface area contributed by atoms with Crippen molar-refractivity contribution in [2.24, 2.45) is 0 Å². The molecule has 1 fully saturated rings. The molecule has 1 N–H and O–H groups in total. The second kappa shape index (κ2) is 5.75. The van der Waals surface area contributed by atoms with E-state index >= 15 is 0 Å². The predicted molar refractivity (Wildman–Crippen MR) is 63.8 cm³/mol. The third-order valence-corrected chi connectivity index (χ3v) is 3.41. The van der Waals surface area contributed by atoms with Gasteiger partial charge >= 0.3 is 5.97 Å². The van der Waals surface area contributed by atoms with Gasteiger partial charge in [-0.2, -0.15) is 0 Å². The van der Waals surface area contributed by atoms with E-state index in [0.717, 1.165) is 24.1 Å². The highest BCUT2D eigenvalue weighted by atomic mass is 16.4. The SMILES string of the molecule is O=C(O)Cc1cncnc1C1CCCCCC1. The van der Waals surface area contributed by atoms with Gasteiger partial charge in [0.2, 0.25) is 0 Å². The maximum absolute atomic E-state index is 10.8. The lowest BCUT2D eigenvalue weighted by molar-refractivity contribution is -0.136. The van der Waals surface area contributed by atoms with Gasteiger partial charge in [0.1, 0.15) is 6.33 Å². The molecule has 0 radical (unpaired) electrons. The minimum Gasteiger partial charge on any atom is -0.481 e. The Hall–Kier alpha value is -1.45. The molecule has 1 aliphatic rings. The van der Waals surface area contributed by atoms with E-state index in [0.29, 0.717) is 5.92 Å². The van der Waals surface area contributed by atoms with E-state index < -0.39 is 5.97 Å². The highest BCUT2D eigenvalue weighted by molar-refractivity contribution is 5.70. The van der Waals surface area contributed by atoms with E-state index in [1.165, 1.54) is 32.0 Å². The summed E-state index contributed by atoms with van der Waals surface area (Å²) in [5.41, 5.74) is 1.75. The van der Waals surface area contributed by atoms with Crippen molar-refractivity contribution in [3.05, 3.63) is 23.8 Å². The number of hydrogen-bond acceptors (Lipinski definition) is 3. The molecule has 0 bridgehead atoms. The summed E-state index contributed by atoms with van der Waals surface area (Å²) in [7, 11) is 0. The molecule has 0 saturated heterocycles. The quantitative estimate of drug-likeness (QED) is 0.816. The average Bonchev–Trinajstić information content (AvgIpc) is 2.57. The third-order valence-electron chi connectivity index (χ3n) is 3.41. The molecule has 2 rings (SSSR count). The fourth-order valence-electron chi connectivity index (χ4n) is 2.59. The molecule has 1 aromatic heterocycles. The van der Waals surface area contributed by atoms with Crippen LogP contribution in [0.1, 0.15) is 55.7 Å². The van der Waals surface area contributed by atoms with Crippen LogP contribution in [0.2, 0.25) is 0 Å². The van der Waals surface area contributed by atoms with Crippen molar-refractivity contribution in [1.82, 2.24) is 9.97 Å². The summed E-state index contributed by atoms with van der Waals surface area (Å²) in [6.45, 7) is 0. The minimum atomic E-state index is -0.810. The zero-order valence-corrected chi connectivity index (χ0v) is 9.93. The summed E-state index contributed by atoms with van der Waals surface area (Å²) < 4.78 is 0. The summed E-state index contributed by atoms with van der Waals surface area (Å²) in [4.78, 5) is 19.1. The molecule has 17 heavy (non-hydrogen) atoms. The summed E-state index contributed by atoms with van der Waals surface area (Å²) in [5.74, 6) is -0.385. The topological polar surface area (TPSA) is 63.1 Å². The Morgan fingerprint density at radius 1 is 1.29 bits per heavy atom. The van der Waals surface area contributed by atoms with E-state index in [9.17, 15) is 4.79 Å². The number of carbonyl (C=O) groups is 1. The third kappa shape index (κ3) is 3.25. The smallest absolute Gasteiger partial charge is 0.307 e. The van der Waals surface area contributed by atoms with Crippen molar-refractivity contribution in [3.8, 4) is 0 Å². The van der Waals surface area contributed by atoms with Crippen LogP contribution in [0, 0.1) is 0 Å². The summed E-state index contributed by atoms with van der Waals surface area (Å²) >= 11 is 0. The number of aliphatic carboxylic acids is 1. The van der Waals surface area contributed by atoms with Crippen molar-refractivity contribution in [2.45, 2.75) is 50.9 Å². The van der Waals surface area contributed by atoms with E-state index in [-0.39, 0.29) is 6.42 Å². The molecule has 0 aliphatic heterocycles. The second-order valence-electron chi connectivity index (χ2n) is 4.69. The zero-order valence-electron chi connectivity index (χ0n) is 9.93. The van der Waals surface area contributed by atoms with Gasteiger partial charge in [-0.05, 0) is 12.8 Å². The standard InChI is InChI=1S/C13H18N2O2/c16-12(17)7-11-8-14-9-15-13(11)10-5-3-1-2-4-6-10/h8-10H,1-7H2,(H,16,17). The van der Waals surface area contributed by atoms with Crippen molar-refractivity contribution >= 4 is 5.97 Å². The molecule has 1 aromatic rings. The summed E-state index contributed by atoms with van der Waals surface area (Å²) in [6.07, 6.45) is 10.5. The molecule has 92 valence electrons. The van der Waals surface area contributed by atoms with Crippen molar-refractivity contribution in [1.29, 1.82) is 0 Å². The van der Waals surface area contributed by atoms with Crippen LogP contribution in [0.3, 0.4) is 0 Å². The first kappa shape index (κ1) is 12.0. The predicted octanol–water partition coefficient (Wildman–Crippen LogP) is 2.54. The van der Waals surface area contributed by atoms with Gasteiger partial charge in [0.25, 0.3) is 0 Å². The Morgan fingerprint density at radius 2 is 2.00 bits per heavy atom. The van der Waals surface area contributed by atoms with Crippen LogP contribution in [0.25, 0.3) is 0 Å². The van der Waals surface area contributed by atoms with Crippen LogP contribution in [-0.2, 0) is 11.2 Å². The highest BCUT2D eigenvalue weighted by Crippen LogP contribution is 2.31. The minimum absolute atomic E-state index is 0.0344. The lowest BCUT2D eigenvalue weighted by Gasteiger charge is -2.16. The Kier molecular flexibility index (Phi) is 4.07. The molecule has 1 aliphatic carbocycles. The fourth-order valence-corrected chi connectivity index (χ4v) is 2.59. The molecular formula is C13H18N2O2. The number of carboxylic acid groups (broad SMARTS) is 1. The fraction of sp³-hybridized carbons (Fsp3) is 0.615. The molecule has 0 amide bonds. The first-order valence-electron chi connectivity index (χ1n) is 6.28. The van der Waals surface area contributed by atoms with Crippen molar-refractivity contribution in [2.75, 3.05) is 0 Å². The number of aromatic nitrogens is 2. The molecule has 4 heteroatoms. The largest absolute Gasteiger partial charge is 0.481 e. The maximum Gasteiger partial charge on any atom is 0.307 e. The molecule has 1 saturated carbocycles. The first-order chi connectivity index (χ1) is 8.27. The number of nitrogens with zero attached hydrogens (tertiary/aromatic N) is 2. The van der Waals surface area contributed by atoms with Crippen LogP contribution in [0.5, 0.6) is 0 Å². The van der Waals surface area contributed by atoms with Gasteiger partial charge in [0.05, 0.1) is 12.1 Å². The molecule has 4 nitrogen and oxygen atoms in total. The Balaban J connectivity index is 2.20. The van der Waals surface area contributed by atoms with Crippen LogP contribution in [-0.4, -0.2) is 21.0 Å². The Labute approximate surface area is 101 Å². The summed E-state index contributed by atoms with van der Waals surface area (Å²) in [6, 6.07) is 0. The second-order valence-corrected chi connectivity index (χ2v) is 4.69. The van der Waals surface area contributed by atoms with Crippen molar-refractivity contribution in [3.63, 3.8) is 0 Å². The normalized spacial score (nSPS) is 17.6.